The summed E-state index contributed by atoms with van der Waals surface area (Å²) < 4.78 is 97.7. The lowest BCUT2D eigenvalue weighted by Crippen LogP contribution is -2.52. The van der Waals surface area contributed by atoms with E-state index in [1.165, 1.54) is 0 Å². The molecule has 288 valence electrons. The minimum absolute atomic E-state index is 0.141. The number of nitrogens with zero attached hydrogens (tertiary/aromatic N) is 4. The average Bonchev–Trinajstić information content (AvgIpc) is 2.72. The summed E-state index contributed by atoms with van der Waals surface area (Å²) in [6, 6.07) is 0. The van der Waals surface area contributed by atoms with Gasteiger partial charge in [0.2, 0.25) is 22.1 Å². The molecule has 1 aliphatic rings. The second-order valence-electron chi connectivity index (χ2n) is 10.2. The van der Waals surface area contributed by atoms with Crippen LogP contribution in [0, 0.1) is 0 Å². The molecule has 16 N–H and O–H groups in total. The van der Waals surface area contributed by atoms with Crippen LogP contribution < -0.4 is 0 Å². The van der Waals surface area contributed by atoms with Crippen LogP contribution in [-0.2, 0) is 36.5 Å². The molecule has 1 heterocycles. The van der Waals surface area contributed by atoms with Crippen LogP contribution in [0.3, 0.4) is 0 Å². The predicted octanol–water partition coefficient (Wildman–Crippen LogP) is -4.24. The van der Waals surface area contributed by atoms with Crippen molar-refractivity contribution in [2.24, 2.45) is 0 Å². The molecular weight excluding hydrogens is 832 g/mol. The molecule has 48 heavy (non-hydrogen) atoms. The third-order valence-corrected chi connectivity index (χ3v) is 21.1. The summed E-state index contributed by atoms with van der Waals surface area (Å²) in [5.41, 5.74) is -12.7. The van der Waals surface area contributed by atoms with Gasteiger partial charge in [-0.2, -0.15) is 0 Å². The van der Waals surface area contributed by atoms with Gasteiger partial charge in [-0.3, -0.25) is 56.1 Å². The van der Waals surface area contributed by atoms with E-state index in [1.54, 1.807) is 0 Å². The molecule has 1 fully saturated rings. The summed E-state index contributed by atoms with van der Waals surface area (Å²) in [5, 5.41) is 0. The highest BCUT2D eigenvalue weighted by Gasteiger charge is 2.54. The van der Waals surface area contributed by atoms with Crippen molar-refractivity contribution in [3.8, 4) is 0 Å². The molecule has 1 aliphatic heterocycles. The van der Waals surface area contributed by atoms with E-state index in [2.05, 4.69) is 0 Å². The maximum Gasteiger partial charge on any atom is 0.354 e. The van der Waals surface area contributed by atoms with Crippen molar-refractivity contribution >= 4 is 60.8 Å². The third kappa shape index (κ3) is 13.8. The van der Waals surface area contributed by atoms with Crippen molar-refractivity contribution in [1.29, 1.82) is 0 Å². The highest BCUT2D eigenvalue weighted by Crippen LogP contribution is 2.65. The molecule has 0 saturated carbocycles. The zero-order chi connectivity index (χ0) is 38.3. The van der Waals surface area contributed by atoms with Gasteiger partial charge in [0.05, 0.1) is 0 Å². The molecule has 0 aromatic heterocycles. The summed E-state index contributed by atoms with van der Waals surface area (Å²) in [6.45, 7) is -10.1. The van der Waals surface area contributed by atoms with Gasteiger partial charge in [0, 0.05) is 52.4 Å². The van der Waals surface area contributed by atoms with Crippen molar-refractivity contribution in [3.63, 3.8) is 0 Å². The van der Waals surface area contributed by atoms with Gasteiger partial charge in [0.15, 0.2) is 0 Å². The van der Waals surface area contributed by atoms with Crippen LogP contribution in [0.1, 0.15) is 0 Å². The average molecular weight is 868 g/mol. The van der Waals surface area contributed by atoms with Gasteiger partial charge in [0.1, 0.15) is 0 Å². The molecule has 0 amide bonds. The van der Waals surface area contributed by atoms with Crippen molar-refractivity contribution in [1.82, 2.24) is 19.6 Å². The molecule has 0 aromatic rings. The maximum atomic E-state index is 12.2. The Hall–Kier alpha value is 1.04. The number of hydrogen-bond acceptors (Lipinski definition) is 12. The van der Waals surface area contributed by atoms with Crippen molar-refractivity contribution < 1.29 is 115 Å². The number of rotatable bonds is 12. The van der Waals surface area contributed by atoms with E-state index in [-0.39, 0.29) is 19.6 Å². The summed E-state index contributed by atoms with van der Waals surface area (Å²) >= 11 is 0. The Morgan fingerprint density at radius 3 is 0.396 bits per heavy atom. The number of hydrogen-bond donors (Lipinski definition) is 16. The Bertz CT molecular complexity index is 1180. The van der Waals surface area contributed by atoms with Gasteiger partial charge in [-0.05, 0) is 0 Å². The molecule has 0 aliphatic carbocycles. The summed E-state index contributed by atoms with van der Waals surface area (Å²) in [5.74, 6) is 0. The zero-order valence-electron chi connectivity index (χ0n) is 23.8. The largest absolute Gasteiger partial charge is 0.354 e. The fourth-order valence-corrected chi connectivity index (χ4v) is 16.4. The quantitative estimate of drug-likeness (QED) is 0.0826. The molecule has 0 radical (unpaired) electrons. The lowest BCUT2D eigenvalue weighted by Gasteiger charge is -2.41. The Labute approximate surface area is 269 Å². The smallest absolute Gasteiger partial charge is 0.323 e. The lowest BCUT2D eigenvalue weighted by molar-refractivity contribution is 0.114. The maximum absolute atomic E-state index is 12.2. The highest BCUT2D eigenvalue weighted by molar-refractivity contribution is 7.72. The van der Waals surface area contributed by atoms with Crippen LogP contribution >= 0.6 is 60.8 Å². The van der Waals surface area contributed by atoms with Crippen LogP contribution in [0.2, 0.25) is 0 Å². The molecule has 1 saturated heterocycles. The zero-order valence-corrected chi connectivity index (χ0v) is 30.9. The second-order valence-corrected chi connectivity index (χ2v) is 25.2. The second kappa shape index (κ2) is 16.2. The topological polar surface area (TPSA) is 473 Å². The first-order valence-electron chi connectivity index (χ1n) is 12.3. The normalized spacial score (nSPS) is 20.1. The van der Waals surface area contributed by atoms with Gasteiger partial charge < -0.3 is 78.3 Å². The summed E-state index contributed by atoms with van der Waals surface area (Å²) in [6.07, 6.45) is 0. The van der Waals surface area contributed by atoms with Crippen molar-refractivity contribution in [2.45, 2.75) is 22.1 Å². The molecule has 0 atom stereocenters. The monoisotopic (exact) mass is 868 g/mol. The van der Waals surface area contributed by atoms with Crippen molar-refractivity contribution in [3.05, 3.63) is 0 Å². The molecule has 36 heteroatoms. The molecular formula is C12H36N4O24P8. The van der Waals surface area contributed by atoms with E-state index in [0.717, 1.165) is 0 Å². The first-order chi connectivity index (χ1) is 20.9. The van der Waals surface area contributed by atoms with E-state index in [4.69, 9.17) is 0 Å². The van der Waals surface area contributed by atoms with Crippen molar-refractivity contribution in [2.75, 3.05) is 52.4 Å². The predicted molar refractivity (Wildman–Crippen MR) is 158 cm³/mol. The Morgan fingerprint density at radius 2 is 0.333 bits per heavy atom. The Balaban J connectivity index is 4.11. The van der Waals surface area contributed by atoms with Gasteiger partial charge in [-0.1, -0.05) is 0 Å². The minimum atomic E-state index is -5.99. The SMILES string of the molecule is O=P(O)(O)C(N1CCN(C(P(=O)(O)O)P(=O)(O)O)CCN(C(P(=O)(O)O)P(=O)(O)O)CCN(C(P(=O)(O)O)P(=O)(O)O)CC1)P(=O)(O)O. The van der Waals surface area contributed by atoms with E-state index in [1.807, 2.05) is 0 Å². The van der Waals surface area contributed by atoms with Crippen LogP contribution in [0.25, 0.3) is 0 Å². The first kappa shape index (κ1) is 47.1. The Morgan fingerprint density at radius 1 is 0.250 bits per heavy atom. The van der Waals surface area contributed by atoms with Gasteiger partial charge in [-0.15, -0.1) is 0 Å². The fourth-order valence-electron chi connectivity index (χ4n) is 4.88. The fraction of sp³-hybridized carbons (Fsp3) is 1.00. The van der Waals surface area contributed by atoms with Gasteiger partial charge in [-0.25, -0.2) is 0 Å². The summed E-state index contributed by atoms with van der Waals surface area (Å²) in [4.78, 5) is 157. The van der Waals surface area contributed by atoms with E-state index < -0.39 is 135 Å². The summed E-state index contributed by atoms with van der Waals surface area (Å²) in [7, 11) is -47.9. The Kier molecular flexibility index (Phi) is 15.9. The molecule has 0 spiro atoms. The molecule has 1 rings (SSSR count). The molecule has 28 nitrogen and oxygen atoms in total. The lowest BCUT2D eigenvalue weighted by atomic mass is 10.3. The van der Waals surface area contributed by atoms with Crippen LogP contribution in [0.5, 0.6) is 0 Å². The highest BCUT2D eigenvalue weighted by atomic mass is 31.3. The molecule has 0 unspecified atom stereocenters. The van der Waals surface area contributed by atoms with Crippen LogP contribution in [0.15, 0.2) is 0 Å². The van der Waals surface area contributed by atoms with Gasteiger partial charge >= 0.3 is 60.8 Å². The van der Waals surface area contributed by atoms with E-state index in [9.17, 15) is 115 Å². The van der Waals surface area contributed by atoms with Gasteiger partial charge in [0.25, 0.3) is 0 Å². The third-order valence-electron chi connectivity index (χ3n) is 6.41. The molecule has 0 bridgehead atoms. The minimum Gasteiger partial charge on any atom is -0.323 e. The van der Waals surface area contributed by atoms with Crippen LogP contribution in [-0.4, -0.2) is 172 Å². The van der Waals surface area contributed by atoms with E-state index >= 15 is 0 Å². The molecule has 0 aromatic carbocycles. The first-order valence-corrected chi connectivity index (χ1v) is 25.7. The standard InChI is InChI=1S/C12H36N4O24P8/c17-41(18,19)9(42(20,21)22)13-1-2-14(10(43(23,24)25)44(26,27)28)5-6-16(12(47(35,36)37)48(38,39)40)8-7-15(4-3-13)11(45(29,30)31)46(32,33)34/h9-12H,1-8H2,(H2,17,18,19)(H2,20,21,22)(H2,23,24,25)(H2,26,27,28)(H2,29,30,31)(H2,32,33,34)(H2,35,36,37)(H2,38,39,40). The van der Waals surface area contributed by atoms with Crippen LogP contribution in [0.4, 0.5) is 0 Å². The van der Waals surface area contributed by atoms with E-state index in [0.29, 0.717) is 0 Å².